The van der Waals surface area contributed by atoms with Crippen molar-refractivity contribution in [3.05, 3.63) is 33.6 Å². The van der Waals surface area contributed by atoms with E-state index < -0.39 is 0 Å². The van der Waals surface area contributed by atoms with Gasteiger partial charge in [-0.05, 0) is 34.2 Å². The summed E-state index contributed by atoms with van der Waals surface area (Å²) in [7, 11) is 0. The highest BCUT2D eigenvalue weighted by molar-refractivity contribution is 14.1. The fourth-order valence-electron chi connectivity index (χ4n) is 0.508. The van der Waals surface area contributed by atoms with Crippen molar-refractivity contribution in [3.8, 4) is 0 Å². The maximum atomic E-state index is 10.1. The maximum absolute atomic E-state index is 10.1. The van der Waals surface area contributed by atoms with Gasteiger partial charge in [0.15, 0.2) is 0 Å². The van der Waals surface area contributed by atoms with Crippen LogP contribution in [-0.4, -0.2) is 0 Å². The van der Waals surface area contributed by atoms with E-state index in [9.17, 15) is 5.11 Å². The summed E-state index contributed by atoms with van der Waals surface area (Å²) < 4.78 is 1.03. The Kier molecular flexibility index (Phi) is 1.73. The molecule has 0 amide bonds. The van der Waals surface area contributed by atoms with Gasteiger partial charge >= 0.3 is 0 Å². The maximum Gasteiger partial charge on any atom is 0.0190 e. The van der Waals surface area contributed by atoms with Crippen LogP contribution >= 0.6 is 22.6 Å². The van der Waals surface area contributed by atoms with Gasteiger partial charge in [0.1, 0.15) is 0 Å². The summed E-state index contributed by atoms with van der Waals surface area (Å²) in [5.74, 6) is 0. The second-order valence-corrected chi connectivity index (χ2v) is 2.61. The molecule has 1 nitrogen and oxygen atoms in total. The van der Waals surface area contributed by atoms with Crippen molar-refractivity contribution in [1.29, 1.82) is 0 Å². The van der Waals surface area contributed by atoms with E-state index in [1.54, 1.807) is 6.08 Å². The van der Waals surface area contributed by atoms with Gasteiger partial charge in [-0.3, -0.25) is 0 Å². The average Bonchev–Trinajstić information content (AvgIpc) is 2.14. The van der Waals surface area contributed by atoms with Crippen molar-refractivity contribution in [2.75, 3.05) is 0 Å². The highest BCUT2D eigenvalue weighted by atomic mass is 127. The normalized spacial score (nSPS) is 22.1. The lowest BCUT2D eigenvalue weighted by Gasteiger charge is -1.96. The van der Waals surface area contributed by atoms with Crippen LogP contribution in [0.1, 0.15) is 0 Å². The smallest absolute Gasteiger partial charge is 0.0190 e. The van der Waals surface area contributed by atoms with Gasteiger partial charge in [0, 0.05) is 3.58 Å². The summed E-state index contributed by atoms with van der Waals surface area (Å²) in [6, 6.07) is 0. The van der Waals surface area contributed by atoms with E-state index in [1.165, 1.54) is 0 Å². The molecule has 1 aliphatic rings. The second-order valence-electron chi connectivity index (χ2n) is 1.45. The van der Waals surface area contributed by atoms with Gasteiger partial charge in [0.2, 0.25) is 0 Å². The molecule has 0 aromatic heterocycles. The predicted octanol–water partition coefficient (Wildman–Crippen LogP) is 1.12. The molecular weight excluding hydrogens is 215 g/mol. The fourth-order valence-corrected chi connectivity index (χ4v) is 1.02. The number of rotatable bonds is 0. The molecule has 1 rings (SSSR count). The van der Waals surface area contributed by atoms with E-state index in [-0.39, 0.29) is 0 Å². The molecule has 0 radical (unpaired) electrons. The third-order valence-electron chi connectivity index (χ3n) is 0.921. The molecule has 0 saturated heterocycles. The molecule has 0 fully saturated rings. The molecule has 0 N–H and O–H groups in total. The third-order valence-corrected chi connectivity index (χ3v) is 1.90. The first-order valence-corrected chi connectivity index (χ1v) is 3.29. The lowest BCUT2D eigenvalue weighted by molar-refractivity contribution is -0.275. The Morgan fingerprint density at radius 2 is 2.38 bits per heavy atom. The minimum absolute atomic E-state index is 0.783. The lowest BCUT2D eigenvalue weighted by atomic mass is 10.3. The summed E-state index contributed by atoms with van der Waals surface area (Å²) in [5, 5.41) is 10.1. The van der Waals surface area contributed by atoms with Crippen LogP contribution in [0.5, 0.6) is 0 Å². The highest BCUT2D eigenvalue weighted by Crippen LogP contribution is 2.22. The molecule has 0 aromatic rings. The first-order valence-electron chi connectivity index (χ1n) is 2.21. The Hall–Kier alpha value is -0.250. The van der Waals surface area contributed by atoms with Gasteiger partial charge in [-0.15, -0.1) is 6.26 Å². The first-order chi connectivity index (χ1) is 3.84. The van der Waals surface area contributed by atoms with Crippen LogP contribution in [0.4, 0.5) is 0 Å². The van der Waals surface area contributed by atoms with Crippen molar-refractivity contribution in [2.45, 2.75) is 0 Å². The van der Waals surface area contributed by atoms with Crippen molar-refractivity contribution in [3.63, 3.8) is 0 Å². The van der Waals surface area contributed by atoms with E-state index in [0.29, 0.717) is 0 Å². The van der Waals surface area contributed by atoms with Crippen molar-refractivity contribution in [1.82, 2.24) is 0 Å². The van der Waals surface area contributed by atoms with Crippen LogP contribution in [0, 0.1) is 0 Å². The molecule has 0 spiro atoms. The molecular formula is C6H4IO-. The molecule has 8 heavy (non-hydrogen) atoms. The minimum Gasteiger partial charge on any atom is -0.877 e. The second kappa shape index (κ2) is 2.35. The van der Waals surface area contributed by atoms with Crippen molar-refractivity contribution in [2.24, 2.45) is 0 Å². The van der Waals surface area contributed by atoms with Crippen molar-refractivity contribution < 1.29 is 5.11 Å². The summed E-state index contributed by atoms with van der Waals surface area (Å²) in [6.45, 7) is 0. The molecule has 0 atom stereocenters. The van der Waals surface area contributed by atoms with E-state index in [4.69, 9.17) is 0 Å². The summed E-state index contributed by atoms with van der Waals surface area (Å²) >= 11 is 2.12. The first kappa shape index (κ1) is 5.88. The monoisotopic (exact) mass is 219 g/mol. The zero-order chi connectivity index (χ0) is 5.98. The van der Waals surface area contributed by atoms with Gasteiger partial charge in [0.25, 0.3) is 0 Å². The Bertz CT molecular complexity index is 177. The fraction of sp³-hybridized carbons (Fsp3) is 0. The topological polar surface area (TPSA) is 23.1 Å². The third kappa shape index (κ3) is 0.940. The van der Waals surface area contributed by atoms with E-state index in [1.807, 2.05) is 12.2 Å². The highest BCUT2D eigenvalue weighted by Gasteiger charge is 1.96. The number of hydrogen-bond donors (Lipinski definition) is 0. The Morgan fingerprint density at radius 1 is 1.62 bits per heavy atom. The standard InChI is InChI=1S/C6H5IO/c7-6-3-1-2-5(6)4-8/h1-4,8H/p-1/b5-4+. The molecule has 0 heterocycles. The quantitative estimate of drug-likeness (QED) is 0.442. The Balaban J connectivity index is 2.88. The lowest BCUT2D eigenvalue weighted by Crippen LogP contribution is -1.88. The SMILES string of the molecule is [O-]/C=C1\C=CC=C1I. The van der Waals surface area contributed by atoms with Crippen LogP contribution in [-0.2, 0) is 0 Å². The number of allylic oxidation sites excluding steroid dienone is 5. The number of hydrogen-bond acceptors (Lipinski definition) is 1. The van der Waals surface area contributed by atoms with E-state index in [0.717, 1.165) is 15.4 Å². The molecule has 42 valence electrons. The van der Waals surface area contributed by atoms with Crippen LogP contribution in [0.25, 0.3) is 0 Å². The molecule has 2 heteroatoms. The van der Waals surface area contributed by atoms with Crippen LogP contribution < -0.4 is 5.11 Å². The number of halogens is 1. The predicted molar refractivity (Wildman–Crippen MR) is 39.3 cm³/mol. The van der Waals surface area contributed by atoms with Gasteiger partial charge in [-0.2, -0.15) is 0 Å². The van der Waals surface area contributed by atoms with E-state index >= 15 is 0 Å². The summed E-state index contributed by atoms with van der Waals surface area (Å²) in [6.07, 6.45) is 6.44. The molecule has 0 bridgehead atoms. The largest absolute Gasteiger partial charge is 0.877 e. The molecule has 0 aromatic carbocycles. The van der Waals surface area contributed by atoms with Crippen LogP contribution in [0.15, 0.2) is 33.6 Å². The Labute approximate surface area is 61.5 Å². The molecule has 1 aliphatic carbocycles. The van der Waals surface area contributed by atoms with Gasteiger partial charge in [0.05, 0.1) is 0 Å². The average molecular weight is 219 g/mol. The summed E-state index contributed by atoms with van der Waals surface area (Å²) in [5.41, 5.74) is 0.783. The molecule has 0 aliphatic heterocycles. The Morgan fingerprint density at radius 3 is 2.62 bits per heavy atom. The van der Waals surface area contributed by atoms with E-state index in [2.05, 4.69) is 22.6 Å². The zero-order valence-electron chi connectivity index (χ0n) is 4.10. The van der Waals surface area contributed by atoms with Crippen molar-refractivity contribution >= 4 is 22.6 Å². The van der Waals surface area contributed by atoms with Crippen LogP contribution in [0.2, 0.25) is 0 Å². The van der Waals surface area contributed by atoms with Gasteiger partial charge < -0.3 is 5.11 Å². The molecule has 0 unspecified atom stereocenters. The molecule has 0 saturated carbocycles. The van der Waals surface area contributed by atoms with Gasteiger partial charge in [-0.25, -0.2) is 0 Å². The summed E-state index contributed by atoms with van der Waals surface area (Å²) in [4.78, 5) is 0. The van der Waals surface area contributed by atoms with Crippen LogP contribution in [0.3, 0.4) is 0 Å². The zero-order valence-corrected chi connectivity index (χ0v) is 6.25. The van der Waals surface area contributed by atoms with Gasteiger partial charge in [-0.1, -0.05) is 12.2 Å². The minimum atomic E-state index is 0.783.